The van der Waals surface area contributed by atoms with Crippen LogP contribution in [0.5, 0.6) is 0 Å². The standard InChI is InChI=1S/C58H33N7/c59-34-38-26-39(35-60)29-49(28-38)64-55-12-6-4-10-51(55)53-32-47(22-24-57(53)64)63(46-20-18-45(19-21-46)44-16-14-43(15-17-44)42-8-2-1-3-9-42)48-23-25-58-54(33-48)52-11-5-7-13-56(52)65(58)50-30-40(36-61)27-41(31-50)37-62/h1-33H. The summed E-state index contributed by atoms with van der Waals surface area (Å²) in [6, 6.07) is 76.5. The second kappa shape index (κ2) is 15.7. The van der Waals surface area contributed by atoms with E-state index in [1.165, 1.54) is 5.56 Å². The van der Waals surface area contributed by atoms with E-state index in [1.807, 2.05) is 54.6 Å². The van der Waals surface area contributed by atoms with Gasteiger partial charge in [0.05, 0.1) is 68.6 Å². The number of hydrogen-bond donors (Lipinski definition) is 0. The highest BCUT2D eigenvalue weighted by Gasteiger charge is 2.21. The molecule has 65 heavy (non-hydrogen) atoms. The van der Waals surface area contributed by atoms with E-state index < -0.39 is 0 Å². The molecule has 0 N–H and O–H groups in total. The number of nitrogens with zero attached hydrogens (tertiary/aromatic N) is 7. The molecular formula is C58H33N7. The highest BCUT2D eigenvalue weighted by Crippen LogP contribution is 2.43. The predicted molar refractivity (Wildman–Crippen MR) is 260 cm³/mol. The molecule has 0 radical (unpaired) electrons. The van der Waals surface area contributed by atoms with Gasteiger partial charge in [0.1, 0.15) is 0 Å². The van der Waals surface area contributed by atoms with Crippen LogP contribution in [0.3, 0.4) is 0 Å². The lowest BCUT2D eigenvalue weighted by Crippen LogP contribution is -2.10. The molecule has 0 aliphatic rings. The van der Waals surface area contributed by atoms with E-state index in [9.17, 15) is 21.0 Å². The van der Waals surface area contributed by atoms with Crippen molar-refractivity contribution in [3.8, 4) is 57.9 Å². The normalized spacial score (nSPS) is 11.0. The minimum absolute atomic E-state index is 0.420. The molecule has 0 saturated carbocycles. The number of nitriles is 4. The maximum atomic E-state index is 9.88. The SMILES string of the molecule is N#Cc1cc(C#N)cc(-n2c3ccccc3c3cc(N(c4ccc(-c5ccc(-c6ccccc6)cc5)cc4)c4ccc5c(c4)c4ccccc4n5-c4cc(C#N)cc(C#N)c4)ccc32)c1. The molecule has 7 nitrogen and oxygen atoms in total. The van der Waals surface area contributed by atoms with Crippen molar-refractivity contribution in [3.05, 3.63) is 222 Å². The van der Waals surface area contributed by atoms with Gasteiger partial charge >= 0.3 is 0 Å². The summed E-state index contributed by atoms with van der Waals surface area (Å²) in [7, 11) is 0. The fraction of sp³-hybridized carbons (Fsp3) is 0. The number of anilines is 3. The highest BCUT2D eigenvalue weighted by atomic mass is 15.1. The minimum atomic E-state index is 0.420. The molecule has 0 aliphatic heterocycles. The first-order valence-electron chi connectivity index (χ1n) is 21.1. The second-order valence-electron chi connectivity index (χ2n) is 15.9. The van der Waals surface area contributed by atoms with Gasteiger partial charge < -0.3 is 14.0 Å². The molecule has 0 amide bonds. The Kier molecular flexibility index (Phi) is 9.23. The van der Waals surface area contributed by atoms with Crippen LogP contribution in [0.25, 0.3) is 77.2 Å². The molecule has 0 fully saturated rings. The number of rotatable bonds is 7. The third-order valence-electron chi connectivity index (χ3n) is 12.1. The largest absolute Gasteiger partial charge is 0.310 e. The monoisotopic (exact) mass is 827 g/mol. The third kappa shape index (κ3) is 6.59. The van der Waals surface area contributed by atoms with Crippen LogP contribution >= 0.6 is 0 Å². The highest BCUT2D eigenvalue weighted by molar-refractivity contribution is 6.12. The Balaban J connectivity index is 1.10. The average molecular weight is 828 g/mol. The number of benzene rings is 9. The third-order valence-corrected chi connectivity index (χ3v) is 12.1. The molecule has 0 saturated heterocycles. The first-order valence-corrected chi connectivity index (χ1v) is 21.1. The molecule has 0 spiro atoms. The van der Waals surface area contributed by atoms with E-state index >= 15 is 0 Å². The van der Waals surface area contributed by atoms with Gasteiger partial charge in [-0.15, -0.1) is 0 Å². The molecule has 0 unspecified atom stereocenters. The predicted octanol–water partition coefficient (Wildman–Crippen LogP) is 14.2. The van der Waals surface area contributed by atoms with Crippen molar-refractivity contribution in [2.75, 3.05) is 4.90 Å². The van der Waals surface area contributed by atoms with Crippen LogP contribution in [-0.4, -0.2) is 9.13 Å². The van der Waals surface area contributed by atoms with Crippen LogP contribution in [-0.2, 0) is 0 Å². The Morgan fingerprint density at radius 3 is 1.05 bits per heavy atom. The summed E-state index contributed by atoms with van der Waals surface area (Å²) in [5.41, 5.74) is 14.4. The maximum absolute atomic E-state index is 9.88. The molecule has 2 aromatic heterocycles. The van der Waals surface area contributed by atoms with E-state index in [0.717, 1.165) is 88.7 Å². The fourth-order valence-corrected chi connectivity index (χ4v) is 9.23. The first-order chi connectivity index (χ1) is 32.0. The molecule has 11 rings (SSSR count). The van der Waals surface area contributed by atoms with Crippen molar-refractivity contribution in [2.24, 2.45) is 0 Å². The molecule has 9 aromatic carbocycles. The van der Waals surface area contributed by atoms with Crippen molar-refractivity contribution < 1.29 is 0 Å². The smallest absolute Gasteiger partial charge is 0.0992 e. The van der Waals surface area contributed by atoms with Crippen LogP contribution in [0.4, 0.5) is 17.1 Å². The van der Waals surface area contributed by atoms with Crippen LogP contribution in [0.15, 0.2) is 200 Å². The van der Waals surface area contributed by atoms with Gasteiger partial charge in [-0.1, -0.05) is 103 Å². The Bertz CT molecular complexity index is 3610. The number of hydrogen-bond acceptors (Lipinski definition) is 5. The quantitative estimate of drug-likeness (QED) is 0.159. The Hall–Kier alpha value is -9.66. The molecule has 2 heterocycles. The topological polar surface area (TPSA) is 108 Å². The first kappa shape index (κ1) is 38.3. The Morgan fingerprint density at radius 1 is 0.292 bits per heavy atom. The van der Waals surface area contributed by atoms with Gasteiger partial charge in [0.15, 0.2) is 0 Å². The summed E-state index contributed by atoms with van der Waals surface area (Å²) < 4.78 is 4.25. The van der Waals surface area contributed by atoms with Gasteiger partial charge in [0, 0.05) is 50.0 Å². The van der Waals surface area contributed by atoms with Crippen LogP contribution < -0.4 is 4.90 Å². The zero-order valence-corrected chi connectivity index (χ0v) is 34.7. The molecule has 7 heteroatoms. The van der Waals surface area contributed by atoms with Gasteiger partial charge in [0.2, 0.25) is 0 Å². The average Bonchev–Trinajstić information content (AvgIpc) is 3.89. The van der Waals surface area contributed by atoms with Crippen molar-refractivity contribution >= 4 is 60.7 Å². The van der Waals surface area contributed by atoms with Gasteiger partial charge in [-0.2, -0.15) is 21.0 Å². The lowest BCUT2D eigenvalue weighted by Gasteiger charge is -2.26. The number of para-hydroxylation sites is 2. The molecule has 0 bridgehead atoms. The van der Waals surface area contributed by atoms with Crippen molar-refractivity contribution in [2.45, 2.75) is 0 Å². The molecular weight excluding hydrogens is 795 g/mol. The van der Waals surface area contributed by atoms with E-state index in [-0.39, 0.29) is 0 Å². The van der Waals surface area contributed by atoms with Crippen LogP contribution in [0, 0.1) is 45.3 Å². The summed E-state index contributed by atoms with van der Waals surface area (Å²) >= 11 is 0. The van der Waals surface area contributed by atoms with E-state index in [2.05, 4.69) is 172 Å². The van der Waals surface area contributed by atoms with Gasteiger partial charge in [0.25, 0.3) is 0 Å². The Morgan fingerprint density at radius 2 is 0.631 bits per heavy atom. The summed E-state index contributed by atoms with van der Waals surface area (Å²) in [5, 5.41) is 43.6. The molecule has 0 aliphatic carbocycles. The lowest BCUT2D eigenvalue weighted by molar-refractivity contribution is 1.17. The van der Waals surface area contributed by atoms with Gasteiger partial charge in [-0.25, -0.2) is 0 Å². The Labute approximate surface area is 374 Å². The second-order valence-corrected chi connectivity index (χ2v) is 15.9. The molecule has 300 valence electrons. The number of aromatic nitrogens is 2. The lowest BCUT2D eigenvalue weighted by atomic mass is 10.00. The summed E-state index contributed by atoms with van der Waals surface area (Å²) in [5.74, 6) is 0. The summed E-state index contributed by atoms with van der Waals surface area (Å²) in [4.78, 5) is 2.27. The summed E-state index contributed by atoms with van der Waals surface area (Å²) in [6.45, 7) is 0. The maximum Gasteiger partial charge on any atom is 0.0992 e. The van der Waals surface area contributed by atoms with E-state index in [4.69, 9.17) is 0 Å². The van der Waals surface area contributed by atoms with Crippen molar-refractivity contribution in [3.63, 3.8) is 0 Å². The molecule has 0 atom stereocenters. The van der Waals surface area contributed by atoms with Crippen molar-refractivity contribution in [1.82, 2.24) is 9.13 Å². The van der Waals surface area contributed by atoms with Crippen LogP contribution in [0.2, 0.25) is 0 Å². The number of fused-ring (bicyclic) bond motifs is 6. The van der Waals surface area contributed by atoms with Crippen LogP contribution in [0.1, 0.15) is 22.3 Å². The van der Waals surface area contributed by atoms with Gasteiger partial charge in [-0.05, 0) is 119 Å². The zero-order chi connectivity index (χ0) is 44.0. The zero-order valence-electron chi connectivity index (χ0n) is 34.7. The summed E-state index contributed by atoms with van der Waals surface area (Å²) in [6.07, 6.45) is 0. The minimum Gasteiger partial charge on any atom is -0.310 e. The van der Waals surface area contributed by atoms with Gasteiger partial charge in [-0.3, -0.25) is 0 Å². The van der Waals surface area contributed by atoms with E-state index in [0.29, 0.717) is 22.3 Å². The molecule has 11 aromatic rings. The fourth-order valence-electron chi connectivity index (χ4n) is 9.23. The van der Waals surface area contributed by atoms with E-state index in [1.54, 1.807) is 12.1 Å². The van der Waals surface area contributed by atoms with Crippen molar-refractivity contribution in [1.29, 1.82) is 21.0 Å².